The summed E-state index contributed by atoms with van der Waals surface area (Å²) in [5.74, 6) is 0.825. The van der Waals surface area contributed by atoms with E-state index in [2.05, 4.69) is 25.9 Å². The Morgan fingerprint density at radius 3 is 2.96 bits per heavy atom. The van der Waals surface area contributed by atoms with Gasteiger partial charge in [0.1, 0.15) is 18.4 Å². The van der Waals surface area contributed by atoms with Crippen LogP contribution in [0.15, 0.2) is 30.6 Å². The van der Waals surface area contributed by atoms with Crippen molar-refractivity contribution < 1.29 is 4.74 Å². The van der Waals surface area contributed by atoms with E-state index in [9.17, 15) is 5.26 Å². The van der Waals surface area contributed by atoms with Crippen molar-refractivity contribution in [1.82, 2.24) is 19.9 Å². The van der Waals surface area contributed by atoms with Gasteiger partial charge in [-0.05, 0) is 49.7 Å². The fourth-order valence-electron chi connectivity index (χ4n) is 3.34. The summed E-state index contributed by atoms with van der Waals surface area (Å²) in [7, 11) is 0. The minimum absolute atomic E-state index is 0.121. The predicted molar refractivity (Wildman–Crippen MR) is 100 cm³/mol. The fraction of sp³-hybridized carbons (Fsp3) is 0.316. The summed E-state index contributed by atoms with van der Waals surface area (Å²) in [6, 6.07) is 8.00. The molecule has 0 atom stereocenters. The number of rotatable bonds is 5. The summed E-state index contributed by atoms with van der Waals surface area (Å²) in [6.45, 7) is 3.98. The lowest BCUT2D eigenvalue weighted by Crippen LogP contribution is -2.25. The first-order valence-electron chi connectivity index (χ1n) is 8.64. The predicted octanol–water partition coefficient (Wildman–Crippen LogP) is 3.62. The number of likely N-dealkylation sites (tertiary alicyclic amines) is 1. The Bertz CT molecular complexity index is 972. The van der Waals surface area contributed by atoms with Crippen LogP contribution in [0.5, 0.6) is 5.75 Å². The first-order chi connectivity index (χ1) is 12.7. The average Bonchev–Trinajstić information content (AvgIpc) is 3.31. The molecule has 0 bridgehead atoms. The topological polar surface area (TPSA) is 77.8 Å². The molecule has 4 rings (SSSR count). The van der Waals surface area contributed by atoms with Crippen molar-refractivity contribution in [3.63, 3.8) is 0 Å². The van der Waals surface area contributed by atoms with Gasteiger partial charge in [0.2, 0.25) is 5.28 Å². The summed E-state index contributed by atoms with van der Waals surface area (Å²) >= 11 is 5.91. The van der Waals surface area contributed by atoms with Crippen LogP contribution >= 0.6 is 11.6 Å². The van der Waals surface area contributed by atoms with E-state index in [1.54, 1.807) is 0 Å². The quantitative estimate of drug-likeness (QED) is 0.697. The number of nitrogens with zero attached hydrogens (tertiary/aromatic N) is 4. The molecule has 0 aliphatic carbocycles. The largest absolute Gasteiger partial charge is 0.492 e. The number of nitriles is 1. The highest BCUT2D eigenvalue weighted by Crippen LogP contribution is 2.31. The highest BCUT2D eigenvalue weighted by Gasteiger charge is 2.14. The zero-order valence-electron chi connectivity index (χ0n) is 14.2. The number of hydrogen-bond donors (Lipinski definition) is 1. The van der Waals surface area contributed by atoms with Crippen LogP contribution in [-0.2, 0) is 0 Å². The summed E-state index contributed by atoms with van der Waals surface area (Å²) in [5.41, 5.74) is 2.67. The number of nitrogens with one attached hydrogen (secondary N) is 1. The van der Waals surface area contributed by atoms with E-state index in [1.165, 1.54) is 32.1 Å². The molecule has 1 fully saturated rings. The van der Waals surface area contributed by atoms with Gasteiger partial charge in [0.15, 0.2) is 0 Å². The molecular weight excluding hydrogens is 350 g/mol. The third-order valence-corrected chi connectivity index (χ3v) is 4.85. The summed E-state index contributed by atoms with van der Waals surface area (Å²) in [5, 5.41) is 10.4. The fourth-order valence-corrected chi connectivity index (χ4v) is 3.47. The van der Waals surface area contributed by atoms with Gasteiger partial charge in [-0.2, -0.15) is 5.26 Å². The van der Waals surface area contributed by atoms with Crippen LogP contribution in [0.1, 0.15) is 18.4 Å². The third kappa shape index (κ3) is 3.36. The van der Waals surface area contributed by atoms with Crippen molar-refractivity contribution in [3.05, 3.63) is 41.4 Å². The first-order valence-corrected chi connectivity index (χ1v) is 9.02. The molecule has 0 spiro atoms. The first kappa shape index (κ1) is 16.8. The number of aromatic nitrogens is 3. The van der Waals surface area contributed by atoms with Crippen LogP contribution < -0.4 is 4.74 Å². The Hall–Kier alpha value is -2.62. The van der Waals surface area contributed by atoms with Gasteiger partial charge in [-0.1, -0.05) is 0 Å². The molecule has 3 aromatic rings. The molecule has 0 radical (unpaired) electrons. The van der Waals surface area contributed by atoms with Gasteiger partial charge < -0.3 is 9.72 Å². The Morgan fingerprint density at radius 2 is 2.15 bits per heavy atom. The molecule has 1 aliphatic heterocycles. The summed E-state index contributed by atoms with van der Waals surface area (Å²) in [6.07, 6.45) is 5.85. The van der Waals surface area contributed by atoms with Crippen LogP contribution in [0.25, 0.3) is 22.2 Å². The zero-order valence-corrected chi connectivity index (χ0v) is 15.0. The number of benzene rings is 1. The molecule has 1 saturated heterocycles. The second-order valence-electron chi connectivity index (χ2n) is 6.32. The summed E-state index contributed by atoms with van der Waals surface area (Å²) in [4.78, 5) is 13.8. The third-order valence-electron chi connectivity index (χ3n) is 4.66. The van der Waals surface area contributed by atoms with Crippen LogP contribution in [0.3, 0.4) is 0 Å². The number of fused-ring (bicyclic) bond motifs is 1. The Morgan fingerprint density at radius 1 is 1.31 bits per heavy atom. The maximum Gasteiger partial charge on any atom is 0.222 e. The van der Waals surface area contributed by atoms with Gasteiger partial charge >= 0.3 is 0 Å². The van der Waals surface area contributed by atoms with E-state index in [1.807, 2.05) is 24.4 Å². The molecule has 132 valence electrons. The number of hydrogen-bond acceptors (Lipinski definition) is 5. The van der Waals surface area contributed by atoms with Gasteiger partial charge in [0.25, 0.3) is 0 Å². The smallest absolute Gasteiger partial charge is 0.222 e. The maximum atomic E-state index is 9.30. The Balaban J connectivity index is 1.56. The van der Waals surface area contributed by atoms with Gasteiger partial charge in [-0.3, -0.25) is 4.90 Å². The minimum atomic E-state index is 0.121. The average molecular weight is 368 g/mol. The number of H-pyrrole nitrogens is 1. The van der Waals surface area contributed by atoms with Crippen LogP contribution in [0.2, 0.25) is 5.28 Å². The molecule has 3 heterocycles. The summed E-state index contributed by atoms with van der Waals surface area (Å²) < 4.78 is 5.89. The molecule has 26 heavy (non-hydrogen) atoms. The van der Waals surface area contributed by atoms with Crippen LogP contribution in [0, 0.1) is 11.3 Å². The van der Waals surface area contributed by atoms with E-state index in [4.69, 9.17) is 16.3 Å². The SMILES string of the molecule is N#Cc1cnc(Cl)nc1-c1c[nH]c2cc(OCCN3CCCC3)ccc12. The minimum Gasteiger partial charge on any atom is -0.492 e. The molecule has 7 heteroatoms. The second kappa shape index (κ2) is 7.32. The lowest BCUT2D eigenvalue weighted by atomic mass is 10.1. The molecule has 1 aromatic carbocycles. The molecule has 0 saturated carbocycles. The lowest BCUT2D eigenvalue weighted by molar-refractivity contribution is 0.238. The van der Waals surface area contributed by atoms with Crippen molar-refractivity contribution in [2.45, 2.75) is 12.8 Å². The van der Waals surface area contributed by atoms with Gasteiger partial charge in [0, 0.05) is 35.3 Å². The van der Waals surface area contributed by atoms with Crippen molar-refractivity contribution >= 4 is 22.5 Å². The lowest BCUT2D eigenvalue weighted by Gasteiger charge is -2.14. The highest BCUT2D eigenvalue weighted by atomic mass is 35.5. The number of halogens is 1. The molecule has 1 aliphatic rings. The van der Waals surface area contributed by atoms with Crippen molar-refractivity contribution in [2.24, 2.45) is 0 Å². The van der Waals surface area contributed by atoms with Crippen molar-refractivity contribution in [3.8, 4) is 23.1 Å². The Labute approximate surface area is 156 Å². The van der Waals surface area contributed by atoms with E-state index in [0.717, 1.165) is 28.8 Å². The number of aromatic amines is 1. The van der Waals surface area contributed by atoms with Crippen LogP contribution in [-0.4, -0.2) is 46.1 Å². The van der Waals surface area contributed by atoms with Gasteiger partial charge in [0.05, 0.1) is 17.5 Å². The highest BCUT2D eigenvalue weighted by molar-refractivity contribution is 6.28. The maximum absolute atomic E-state index is 9.30. The van der Waals surface area contributed by atoms with Crippen molar-refractivity contribution in [1.29, 1.82) is 5.26 Å². The Kier molecular flexibility index (Phi) is 4.74. The molecule has 2 aromatic heterocycles. The molecule has 0 amide bonds. The van der Waals surface area contributed by atoms with Gasteiger partial charge in [-0.25, -0.2) is 9.97 Å². The molecular formula is C19H18ClN5O. The van der Waals surface area contributed by atoms with E-state index in [0.29, 0.717) is 17.9 Å². The molecule has 6 nitrogen and oxygen atoms in total. The molecule has 1 N–H and O–H groups in total. The van der Waals surface area contributed by atoms with E-state index >= 15 is 0 Å². The van der Waals surface area contributed by atoms with Crippen molar-refractivity contribution in [2.75, 3.05) is 26.2 Å². The zero-order chi connectivity index (χ0) is 17.9. The molecule has 0 unspecified atom stereocenters. The van der Waals surface area contributed by atoms with E-state index < -0.39 is 0 Å². The standard InChI is InChI=1S/C19H18ClN5O/c20-19-23-11-13(10-21)18(24-19)16-12-22-17-9-14(3-4-15(16)17)26-8-7-25-5-1-2-6-25/h3-4,9,11-12,22H,1-2,5-8H2. The van der Waals surface area contributed by atoms with Crippen LogP contribution in [0.4, 0.5) is 0 Å². The normalized spacial score (nSPS) is 14.6. The van der Waals surface area contributed by atoms with Gasteiger partial charge in [-0.15, -0.1) is 0 Å². The van der Waals surface area contributed by atoms with E-state index in [-0.39, 0.29) is 5.28 Å². The number of ether oxygens (including phenoxy) is 1. The second-order valence-corrected chi connectivity index (χ2v) is 6.66. The monoisotopic (exact) mass is 367 g/mol.